The van der Waals surface area contributed by atoms with E-state index in [0.717, 1.165) is 12.1 Å². The van der Waals surface area contributed by atoms with Crippen molar-refractivity contribution in [2.75, 3.05) is 0 Å². The number of carboxylic acid groups (broad SMARTS) is 1. The smallest absolute Gasteiger partial charge is 0.304 e. The van der Waals surface area contributed by atoms with Crippen LogP contribution in [-0.4, -0.2) is 21.0 Å². The minimum atomic E-state index is -0.826. The summed E-state index contributed by atoms with van der Waals surface area (Å²) in [6, 6.07) is 1.89. The average molecular weight is 236 g/mol. The van der Waals surface area contributed by atoms with Crippen LogP contribution < -0.4 is 0 Å². The molecule has 0 fully saturated rings. The average Bonchev–Trinajstić information content (AvgIpc) is 2.15. The highest BCUT2D eigenvalue weighted by molar-refractivity contribution is 5.68. The minimum Gasteiger partial charge on any atom is -0.481 e. The quantitative estimate of drug-likeness (QED) is 0.852. The van der Waals surface area contributed by atoms with Crippen molar-refractivity contribution in [2.45, 2.75) is 46.0 Å². The third kappa shape index (κ3) is 4.13. The zero-order chi connectivity index (χ0) is 13.1. The molecule has 1 rings (SSSR count). The molecule has 1 heterocycles. The Hall–Kier alpha value is -1.45. The summed E-state index contributed by atoms with van der Waals surface area (Å²) >= 11 is 0. The van der Waals surface area contributed by atoms with Gasteiger partial charge in [-0.1, -0.05) is 27.7 Å². The fraction of sp³-hybridized carbons (Fsp3) is 0.615. The van der Waals surface area contributed by atoms with E-state index in [4.69, 9.17) is 5.11 Å². The molecule has 0 bridgehead atoms. The van der Waals surface area contributed by atoms with Crippen molar-refractivity contribution >= 4 is 5.97 Å². The van der Waals surface area contributed by atoms with Crippen LogP contribution in [0.4, 0.5) is 0 Å². The van der Waals surface area contributed by atoms with Crippen molar-refractivity contribution in [3.8, 4) is 0 Å². The van der Waals surface area contributed by atoms with Crippen molar-refractivity contribution in [1.29, 1.82) is 0 Å². The summed E-state index contributed by atoms with van der Waals surface area (Å²) in [7, 11) is 0. The Morgan fingerprint density at radius 3 is 2.65 bits per heavy atom. The Bertz CT molecular complexity index is 400. The summed E-state index contributed by atoms with van der Waals surface area (Å²) in [6.45, 7) is 7.97. The summed E-state index contributed by atoms with van der Waals surface area (Å²) in [4.78, 5) is 19.5. The van der Waals surface area contributed by atoms with E-state index < -0.39 is 11.4 Å². The first-order valence-electron chi connectivity index (χ1n) is 5.85. The molecular weight excluding hydrogens is 216 g/mol. The second-order valence-corrected chi connectivity index (χ2v) is 5.42. The third-order valence-corrected chi connectivity index (χ3v) is 2.53. The van der Waals surface area contributed by atoms with E-state index >= 15 is 0 Å². The molecule has 1 aromatic heterocycles. The van der Waals surface area contributed by atoms with Crippen molar-refractivity contribution in [3.05, 3.63) is 23.8 Å². The maximum Gasteiger partial charge on any atom is 0.304 e. The van der Waals surface area contributed by atoms with E-state index in [0.29, 0.717) is 11.7 Å². The number of hydrogen-bond donors (Lipinski definition) is 1. The summed E-state index contributed by atoms with van der Waals surface area (Å²) in [6.07, 6.45) is 2.64. The lowest BCUT2D eigenvalue weighted by Gasteiger charge is -2.21. The molecule has 0 aliphatic carbocycles. The largest absolute Gasteiger partial charge is 0.481 e. The van der Waals surface area contributed by atoms with Gasteiger partial charge in [0.2, 0.25) is 0 Å². The predicted octanol–water partition coefficient (Wildman–Crippen LogP) is 2.43. The molecule has 1 N–H and O–H groups in total. The first-order valence-corrected chi connectivity index (χ1v) is 5.85. The lowest BCUT2D eigenvalue weighted by atomic mass is 9.88. The molecule has 0 aliphatic rings. The van der Waals surface area contributed by atoms with Gasteiger partial charge in [-0.3, -0.25) is 4.79 Å². The van der Waals surface area contributed by atoms with Gasteiger partial charge < -0.3 is 5.11 Å². The van der Waals surface area contributed by atoms with Crippen LogP contribution >= 0.6 is 0 Å². The van der Waals surface area contributed by atoms with Crippen molar-refractivity contribution < 1.29 is 9.90 Å². The molecule has 0 radical (unpaired) electrons. The van der Waals surface area contributed by atoms with Crippen LogP contribution in [0.15, 0.2) is 12.3 Å². The number of aromatic nitrogens is 2. The summed E-state index contributed by atoms with van der Waals surface area (Å²) in [5, 5.41) is 8.87. The molecule has 0 unspecified atom stereocenters. The minimum absolute atomic E-state index is 0.0398. The molecule has 94 valence electrons. The van der Waals surface area contributed by atoms with Gasteiger partial charge in [-0.15, -0.1) is 0 Å². The molecule has 17 heavy (non-hydrogen) atoms. The van der Waals surface area contributed by atoms with Crippen LogP contribution in [0, 0.1) is 5.92 Å². The van der Waals surface area contributed by atoms with E-state index in [1.54, 1.807) is 6.20 Å². The first kappa shape index (κ1) is 13.6. The molecular formula is C13H20N2O2. The number of carboxylic acids is 1. The van der Waals surface area contributed by atoms with Gasteiger partial charge in [0, 0.05) is 17.3 Å². The Morgan fingerprint density at radius 1 is 1.47 bits per heavy atom. The normalized spacial score (nSPS) is 11.8. The lowest BCUT2D eigenvalue weighted by Crippen LogP contribution is -2.25. The van der Waals surface area contributed by atoms with Crippen molar-refractivity contribution in [2.24, 2.45) is 5.92 Å². The molecule has 0 spiro atoms. The number of hydrogen-bond acceptors (Lipinski definition) is 3. The number of aliphatic carboxylic acids is 1. The molecule has 0 saturated carbocycles. The highest BCUT2D eigenvalue weighted by Crippen LogP contribution is 2.23. The van der Waals surface area contributed by atoms with Crippen LogP contribution in [0.5, 0.6) is 0 Å². The van der Waals surface area contributed by atoms with Crippen LogP contribution in [0.25, 0.3) is 0 Å². The summed E-state index contributed by atoms with van der Waals surface area (Å²) in [5.41, 5.74) is 0.446. The van der Waals surface area contributed by atoms with E-state index in [1.165, 1.54) is 0 Å². The predicted molar refractivity (Wildman–Crippen MR) is 65.9 cm³/mol. The first-order chi connectivity index (χ1) is 7.81. The van der Waals surface area contributed by atoms with Crippen LogP contribution in [0.3, 0.4) is 0 Å². The van der Waals surface area contributed by atoms with E-state index in [9.17, 15) is 4.79 Å². The van der Waals surface area contributed by atoms with Gasteiger partial charge in [-0.2, -0.15) is 0 Å². The highest BCUT2D eigenvalue weighted by atomic mass is 16.4. The molecule has 4 heteroatoms. The van der Waals surface area contributed by atoms with Crippen LogP contribution in [-0.2, 0) is 16.6 Å². The fourth-order valence-corrected chi connectivity index (χ4v) is 1.71. The van der Waals surface area contributed by atoms with Gasteiger partial charge in [-0.05, 0) is 18.4 Å². The van der Waals surface area contributed by atoms with Gasteiger partial charge >= 0.3 is 5.97 Å². The third-order valence-electron chi connectivity index (χ3n) is 2.53. The molecule has 0 aromatic carbocycles. The van der Waals surface area contributed by atoms with Gasteiger partial charge in [0.15, 0.2) is 0 Å². The standard InChI is InChI=1S/C13H20N2O2/c1-9(2)7-10-5-6-14-12(15-10)13(3,4)8-11(16)17/h5-6,9H,7-8H2,1-4H3,(H,16,17). The Kier molecular flexibility index (Phi) is 4.21. The molecule has 0 amide bonds. The number of carbonyl (C=O) groups is 1. The van der Waals surface area contributed by atoms with Crippen LogP contribution in [0.1, 0.15) is 45.6 Å². The Labute approximate surface area is 102 Å². The molecule has 0 atom stereocenters. The Balaban J connectivity index is 2.94. The monoisotopic (exact) mass is 236 g/mol. The summed E-state index contributed by atoms with van der Waals surface area (Å²) in [5.74, 6) is 0.311. The molecule has 1 aromatic rings. The molecule has 4 nitrogen and oxygen atoms in total. The van der Waals surface area contributed by atoms with Gasteiger partial charge in [0.05, 0.1) is 6.42 Å². The van der Waals surface area contributed by atoms with E-state index in [1.807, 2.05) is 19.9 Å². The van der Waals surface area contributed by atoms with Gasteiger partial charge in [0.25, 0.3) is 0 Å². The van der Waals surface area contributed by atoms with Gasteiger partial charge in [0.1, 0.15) is 5.82 Å². The van der Waals surface area contributed by atoms with E-state index in [-0.39, 0.29) is 6.42 Å². The second-order valence-electron chi connectivity index (χ2n) is 5.42. The van der Waals surface area contributed by atoms with Crippen molar-refractivity contribution in [1.82, 2.24) is 9.97 Å². The second kappa shape index (κ2) is 5.25. The summed E-state index contributed by atoms with van der Waals surface area (Å²) < 4.78 is 0. The van der Waals surface area contributed by atoms with E-state index in [2.05, 4.69) is 23.8 Å². The zero-order valence-electron chi connectivity index (χ0n) is 10.9. The van der Waals surface area contributed by atoms with Gasteiger partial charge in [-0.25, -0.2) is 9.97 Å². The van der Waals surface area contributed by atoms with Crippen LogP contribution in [0.2, 0.25) is 0 Å². The van der Waals surface area contributed by atoms with Crippen molar-refractivity contribution in [3.63, 3.8) is 0 Å². The highest BCUT2D eigenvalue weighted by Gasteiger charge is 2.27. The lowest BCUT2D eigenvalue weighted by molar-refractivity contribution is -0.138. The molecule has 0 aliphatic heterocycles. The maximum absolute atomic E-state index is 10.8. The Morgan fingerprint density at radius 2 is 2.12 bits per heavy atom. The SMILES string of the molecule is CC(C)Cc1ccnc(C(C)(C)CC(=O)O)n1. The molecule has 0 saturated heterocycles. The number of rotatable bonds is 5. The number of nitrogens with zero attached hydrogens (tertiary/aromatic N) is 2. The maximum atomic E-state index is 10.8. The topological polar surface area (TPSA) is 63.1 Å². The zero-order valence-corrected chi connectivity index (χ0v) is 10.9. The fourth-order valence-electron chi connectivity index (χ4n) is 1.71.